The van der Waals surface area contributed by atoms with Crippen LogP contribution in [0, 0.1) is 0 Å². The first kappa shape index (κ1) is 15.7. The maximum absolute atomic E-state index is 12.2. The summed E-state index contributed by atoms with van der Waals surface area (Å²) in [5.74, 6) is 0.401. The smallest absolute Gasteiger partial charge is 0.317 e. The van der Waals surface area contributed by atoms with E-state index in [0.29, 0.717) is 24.1 Å². The van der Waals surface area contributed by atoms with Crippen molar-refractivity contribution in [3.05, 3.63) is 63.2 Å². The summed E-state index contributed by atoms with van der Waals surface area (Å²) in [5.41, 5.74) is -0.681. The second-order valence-electron chi connectivity index (χ2n) is 5.28. The first-order valence-electron chi connectivity index (χ1n) is 7.41. The number of pyridine rings is 1. The van der Waals surface area contributed by atoms with Gasteiger partial charge in [-0.25, -0.2) is 4.98 Å². The van der Waals surface area contributed by atoms with Gasteiger partial charge in [-0.2, -0.15) is 0 Å². The van der Waals surface area contributed by atoms with Gasteiger partial charge < -0.3 is 9.73 Å². The fourth-order valence-corrected chi connectivity index (χ4v) is 2.46. The molecule has 3 aromatic rings. The molecule has 0 atom stereocenters. The Balaban J connectivity index is 1.81. The third kappa shape index (κ3) is 2.98. The normalized spacial score (nSPS) is 10.9. The predicted molar refractivity (Wildman–Crippen MR) is 86.7 cm³/mol. The van der Waals surface area contributed by atoms with E-state index in [9.17, 15) is 14.4 Å². The fourth-order valence-electron chi connectivity index (χ4n) is 2.46. The van der Waals surface area contributed by atoms with Crippen molar-refractivity contribution < 1.29 is 9.21 Å². The van der Waals surface area contributed by atoms with Crippen molar-refractivity contribution in [2.75, 3.05) is 6.54 Å². The number of hydrogen-bond donors (Lipinski definition) is 1. The van der Waals surface area contributed by atoms with Crippen molar-refractivity contribution in [3.63, 3.8) is 0 Å². The Bertz CT molecular complexity index is 985. The minimum absolute atomic E-state index is 0.241. The molecule has 124 valence electrons. The van der Waals surface area contributed by atoms with Gasteiger partial charge in [0.15, 0.2) is 5.65 Å². The molecule has 1 N–H and O–H groups in total. The highest BCUT2D eigenvalue weighted by Crippen LogP contribution is 2.05. The number of carbonyl (C=O) groups is 1. The Morgan fingerprint density at radius 2 is 2.08 bits per heavy atom. The van der Waals surface area contributed by atoms with Crippen LogP contribution in [0.25, 0.3) is 11.2 Å². The van der Waals surface area contributed by atoms with E-state index in [4.69, 9.17) is 4.42 Å². The molecule has 1 amide bonds. The molecule has 0 radical (unpaired) electrons. The highest BCUT2D eigenvalue weighted by Gasteiger charge is 2.14. The average molecular weight is 328 g/mol. The molecule has 3 rings (SSSR count). The van der Waals surface area contributed by atoms with Crippen LogP contribution in [0.5, 0.6) is 0 Å². The summed E-state index contributed by atoms with van der Waals surface area (Å²) in [6, 6.07) is 6.89. The molecule has 3 heterocycles. The molecule has 0 spiro atoms. The molecule has 0 fully saturated rings. The zero-order valence-electron chi connectivity index (χ0n) is 13.1. The Hall–Kier alpha value is -3.16. The van der Waals surface area contributed by atoms with E-state index in [2.05, 4.69) is 10.3 Å². The van der Waals surface area contributed by atoms with E-state index in [1.165, 1.54) is 17.8 Å². The van der Waals surface area contributed by atoms with E-state index in [1.807, 2.05) is 6.07 Å². The van der Waals surface area contributed by atoms with Gasteiger partial charge in [0.25, 0.3) is 0 Å². The summed E-state index contributed by atoms with van der Waals surface area (Å²) in [7, 11) is 1.48. The molecule has 3 aromatic heterocycles. The van der Waals surface area contributed by atoms with Crippen LogP contribution in [0.2, 0.25) is 0 Å². The fraction of sp³-hybridized carbons (Fsp3) is 0.250. The van der Waals surface area contributed by atoms with Crippen molar-refractivity contribution in [2.45, 2.75) is 13.0 Å². The summed E-state index contributed by atoms with van der Waals surface area (Å²) >= 11 is 0. The number of nitrogens with one attached hydrogen (secondary N) is 1. The number of aryl methyl sites for hydroxylation is 1. The Morgan fingerprint density at radius 1 is 1.25 bits per heavy atom. The first-order chi connectivity index (χ1) is 11.6. The zero-order chi connectivity index (χ0) is 17.1. The van der Waals surface area contributed by atoms with Gasteiger partial charge in [-0.3, -0.25) is 23.5 Å². The van der Waals surface area contributed by atoms with Crippen LogP contribution >= 0.6 is 0 Å². The molecular formula is C16H16N4O4. The van der Waals surface area contributed by atoms with Gasteiger partial charge in [-0.15, -0.1) is 0 Å². The lowest BCUT2D eigenvalue weighted by Crippen LogP contribution is -2.43. The van der Waals surface area contributed by atoms with E-state index in [1.54, 1.807) is 24.5 Å². The van der Waals surface area contributed by atoms with Crippen LogP contribution in [-0.4, -0.2) is 26.6 Å². The van der Waals surface area contributed by atoms with Crippen LogP contribution < -0.4 is 16.4 Å². The lowest BCUT2D eigenvalue weighted by atomic mass is 10.3. The second kappa shape index (κ2) is 6.53. The van der Waals surface area contributed by atoms with Crippen molar-refractivity contribution in [2.24, 2.45) is 7.05 Å². The molecule has 0 saturated heterocycles. The number of nitrogens with zero attached hydrogens (tertiary/aromatic N) is 3. The summed E-state index contributed by atoms with van der Waals surface area (Å²) in [5, 5.41) is 2.71. The molecule has 0 unspecified atom stereocenters. The Morgan fingerprint density at radius 3 is 2.83 bits per heavy atom. The Kier molecular flexibility index (Phi) is 4.28. The van der Waals surface area contributed by atoms with Crippen LogP contribution in [0.3, 0.4) is 0 Å². The first-order valence-corrected chi connectivity index (χ1v) is 7.41. The zero-order valence-corrected chi connectivity index (χ0v) is 13.1. The molecule has 24 heavy (non-hydrogen) atoms. The summed E-state index contributed by atoms with van der Waals surface area (Å²) in [6.45, 7) is 0.136. The van der Waals surface area contributed by atoms with Crippen LogP contribution in [0.1, 0.15) is 5.76 Å². The van der Waals surface area contributed by atoms with Crippen LogP contribution in [0.15, 0.2) is 50.7 Å². The molecule has 0 aliphatic heterocycles. The SMILES string of the molecule is Cn1c(=O)c(=O)n(CC(=O)NCCc2ccco2)c2cccnc21. The van der Waals surface area contributed by atoms with Gasteiger partial charge in [0, 0.05) is 26.2 Å². The van der Waals surface area contributed by atoms with Gasteiger partial charge in [-0.1, -0.05) is 0 Å². The third-order valence-electron chi connectivity index (χ3n) is 3.68. The van der Waals surface area contributed by atoms with E-state index in [0.717, 1.165) is 10.3 Å². The van der Waals surface area contributed by atoms with Gasteiger partial charge >= 0.3 is 11.1 Å². The molecular weight excluding hydrogens is 312 g/mol. The van der Waals surface area contributed by atoms with Gasteiger partial charge in [0.2, 0.25) is 5.91 Å². The van der Waals surface area contributed by atoms with Crippen molar-refractivity contribution in [1.82, 2.24) is 19.4 Å². The number of fused-ring (bicyclic) bond motifs is 1. The van der Waals surface area contributed by atoms with Crippen molar-refractivity contribution >= 4 is 17.1 Å². The highest BCUT2D eigenvalue weighted by molar-refractivity contribution is 5.78. The molecule has 8 nitrogen and oxygen atoms in total. The second-order valence-corrected chi connectivity index (χ2v) is 5.28. The summed E-state index contributed by atoms with van der Waals surface area (Å²) in [6.07, 6.45) is 3.64. The molecule has 0 bridgehead atoms. The standard InChI is InChI=1S/C16H16N4O4/c1-19-14-12(5-2-7-18-14)20(16(23)15(19)22)10-13(21)17-8-6-11-4-3-9-24-11/h2-5,7,9H,6,8,10H2,1H3,(H,17,21). The van der Waals surface area contributed by atoms with E-state index >= 15 is 0 Å². The van der Waals surface area contributed by atoms with Crippen molar-refractivity contribution in [1.29, 1.82) is 0 Å². The van der Waals surface area contributed by atoms with Crippen LogP contribution in [-0.2, 0) is 24.8 Å². The molecule has 0 aromatic carbocycles. The number of hydrogen-bond acceptors (Lipinski definition) is 5. The number of aromatic nitrogens is 3. The third-order valence-corrected chi connectivity index (χ3v) is 3.68. The monoisotopic (exact) mass is 328 g/mol. The topological polar surface area (TPSA) is 99.1 Å². The minimum atomic E-state index is -0.751. The molecule has 8 heteroatoms. The summed E-state index contributed by atoms with van der Waals surface area (Å²) < 4.78 is 7.51. The van der Waals surface area contributed by atoms with Gasteiger partial charge in [-0.05, 0) is 24.3 Å². The lowest BCUT2D eigenvalue weighted by Gasteiger charge is -2.11. The maximum atomic E-state index is 12.2. The summed E-state index contributed by atoms with van der Waals surface area (Å²) in [4.78, 5) is 40.4. The molecule has 0 saturated carbocycles. The molecule has 0 aliphatic carbocycles. The maximum Gasteiger partial charge on any atom is 0.317 e. The van der Waals surface area contributed by atoms with Gasteiger partial charge in [0.1, 0.15) is 12.3 Å². The number of amides is 1. The quantitative estimate of drug-likeness (QED) is 0.667. The van der Waals surface area contributed by atoms with Crippen LogP contribution in [0.4, 0.5) is 0 Å². The number of furan rings is 1. The Labute approximate surface area is 136 Å². The predicted octanol–water partition coefficient (Wildman–Crippen LogP) is 0.0471. The molecule has 0 aliphatic rings. The van der Waals surface area contributed by atoms with Crippen molar-refractivity contribution in [3.8, 4) is 0 Å². The average Bonchev–Trinajstić information content (AvgIpc) is 3.10. The largest absolute Gasteiger partial charge is 0.469 e. The number of carbonyl (C=O) groups excluding carboxylic acids is 1. The van der Waals surface area contributed by atoms with E-state index < -0.39 is 11.1 Å². The van der Waals surface area contributed by atoms with Gasteiger partial charge in [0.05, 0.1) is 11.8 Å². The lowest BCUT2D eigenvalue weighted by molar-refractivity contribution is -0.121. The minimum Gasteiger partial charge on any atom is -0.469 e. The highest BCUT2D eigenvalue weighted by atomic mass is 16.3. The van der Waals surface area contributed by atoms with E-state index in [-0.39, 0.29) is 12.5 Å². The number of rotatable bonds is 5.